The van der Waals surface area contributed by atoms with Crippen LogP contribution in [0.3, 0.4) is 0 Å². The molecule has 0 saturated heterocycles. The van der Waals surface area contributed by atoms with Gasteiger partial charge < -0.3 is 14.3 Å². The van der Waals surface area contributed by atoms with Crippen LogP contribution in [0, 0.1) is 0 Å². The van der Waals surface area contributed by atoms with Crippen LogP contribution in [0.2, 0.25) is 0 Å². The van der Waals surface area contributed by atoms with Crippen LogP contribution in [0.15, 0.2) is 48.8 Å². The van der Waals surface area contributed by atoms with Gasteiger partial charge >= 0.3 is 0 Å². The van der Waals surface area contributed by atoms with Gasteiger partial charge in [0.25, 0.3) is 5.56 Å². The second-order valence-corrected chi connectivity index (χ2v) is 5.97. The number of hydrogen-bond acceptors (Lipinski definition) is 3. The van der Waals surface area contributed by atoms with E-state index in [0.29, 0.717) is 17.6 Å². The minimum absolute atomic E-state index is 0.0318. The van der Waals surface area contributed by atoms with Crippen molar-refractivity contribution >= 4 is 31.9 Å². The number of nitrogens with one attached hydrogen (secondary N) is 1. The number of nitrogens with zero attached hydrogens (tertiary/aromatic N) is 1. The number of pyridine rings is 1. The fourth-order valence-corrected chi connectivity index (χ4v) is 3.03. The Morgan fingerprint density at radius 2 is 2.26 bits per heavy atom. The molecule has 6 heteroatoms. The number of aromatic nitrogens is 1. The van der Waals surface area contributed by atoms with Gasteiger partial charge in [-0.15, -0.1) is 0 Å². The first-order chi connectivity index (χ1) is 9.08. The molecule has 0 amide bonds. The molecule has 2 aromatic rings. The highest BCUT2D eigenvalue weighted by molar-refractivity contribution is 9.11. The molecule has 0 aliphatic rings. The van der Waals surface area contributed by atoms with E-state index >= 15 is 0 Å². The van der Waals surface area contributed by atoms with Crippen molar-refractivity contribution in [1.29, 1.82) is 0 Å². The first-order valence-electron chi connectivity index (χ1n) is 5.90. The Morgan fingerprint density at radius 1 is 1.47 bits per heavy atom. The number of rotatable bonds is 5. The number of furan rings is 1. The van der Waals surface area contributed by atoms with Crippen LogP contribution in [-0.4, -0.2) is 11.1 Å². The van der Waals surface area contributed by atoms with Crippen molar-refractivity contribution in [3.63, 3.8) is 0 Å². The average Bonchev–Trinajstić information content (AvgIpc) is 2.88. The van der Waals surface area contributed by atoms with Crippen molar-refractivity contribution in [2.75, 3.05) is 6.54 Å². The largest absolute Gasteiger partial charge is 0.468 e. The highest BCUT2D eigenvalue weighted by Crippen LogP contribution is 2.13. The smallest absolute Gasteiger partial charge is 0.264 e. The second kappa shape index (κ2) is 6.54. The van der Waals surface area contributed by atoms with Gasteiger partial charge in [-0.3, -0.25) is 4.79 Å². The zero-order valence-corrected chi connectivity index (χ0v) is 13.6. The maximum absolute atomic E-state index is 11.9. The monoisotopic (exact) mass is 388 g/mol. The Bertz CT molecular complexity index is 593. The van der Waals surface area contributed by atoms with Crippen molar-refractivity contribution in [2.45, 2.75) is 19.5 Å². The maximum atomic E-state index is 11.9. The molecule has 0 bridgehead atoms. The summed E-state index contributed by atoms with van der Waals surface area (Å²) in [5, 5.41) is 3.32. The predicted octanol–water partition coefficient (Wildman–Crippen LogP) is 3.32. The molecule has 0 aliphatic heterocycles. The molecule has 102 valence electrons. The van der Waals surface area contributed by atoms with E-state index in [1.54, 1.807) is 23.1 Å². The molecule has 0 spiro atoms. The molecule has 4 nitrogen and oxygen atoms in total. The van der Waals surface area contributed by atoms with E-state index in [1.165, 1.54) is 0 Å². The summed E-state index contributed by atoms with van der Waals surface area (Å²) < 4.78 is 8.41. The number of halogens is 2. The third-order valence-electron chi connectivity index (χ3n) is 2.78. The maximum Gasteiger partial charge on any atom is 0.264 e. The normalized spacial score (nSPS) is 12.6. The lowest BCUT2D eigenvalue weighted by molar-refractivity contribution is 0.422. The van der Waals surface area contributed by atoms with E-state index in [1.807, 2.05) is 19.1 Å². The second-order valence-electron chi connectivity index (χ2n) is 4.20. The topological polar surface area (TPSA) is 47.2 Å². The van der Waals surface area contributed by atoms with E-state index in [4.69, 9.17) is 4.42 Å². The van der Waals surface area contributed by atoms with E-state index in [9.17, 15) is 4.79 Å². The summed E-state index contributed by atoms with van der Waals surface area (Å²) in [7, 11) is 0. The quantitative estimate of drug-likeness (QED) is 0.853. The molecule has 2 heterocycles. The Morgan fingerprint density at radius 3 is 2.95 bits per heavy atom. The van der Waals surface area contributed by atoms with Crippen molar-refractivity contribution in [1.82, 2.24) is 9.88 Å². The number of hydrogen-bond donors (Lipinski definition) is 1. The van der Waals surface area contributed by atoms with E-state index in [-0.39, 0.29) is 11.6 Å². The van der Waals surface area contributed by atoms with Gasteiger partial charge in [0.2, 0.25) is 0 Å². The molecule has 19 heavy (non-hydrogen) atoms. The van der Waals surface area contributed by atoms with E-state index < -0.39 is 0 Å². The van der Waals surface area contributed by atoms with Crippen LogP contribution in [-0.2, 0) is 6.54 Å². The Balaban J connectivity index is 1.95. The molecule has 1 atom stereocenters. The third kappa shape index (κ3) is 3.81. The van der Waals surface area contributed by atoms with E-state index in [0.717, 1.165) is 10.2 Å². The molecular formula is C13H14Br2N2O2. The molecule has 0 aliphatic carbocycles. The highest BCUT2D eigenvalue weighted by Gasteiger charge is 2.08. The van der Waals surface area contributed by atoms with Crippen molar-refractivity contribution in [2.24, 2.45) is 0 Å². The Kier molecular flexibility index (Phi) is 5.01. The summed E-state index contributed by atoms with van der Waals surface area (Å²) in [6.45, 7) is 3.31. The van der Waals surface area contributed by atoms with Gasteiger partial charge in [-0.1, -0.05) is 0 Å². The van der Waals surface area contributed by atoms with Crippen molar-refractivity contribution in [3.8, 4) is 0 Å². The summed E-state index contributed by atoms with van der Waals surface area (Å²) in [6.07, 6.45) is 3.44. The van der Waals surface area contributed by atoms with Crippen LogP contribution in [0.25, 0.3) is 0 Å². The van der Waals surface area contributed by atoms with Crippen molar-refractivity contribution in [3.05, 3.63) is 55.7 Å². The molecule has 0 aromatic carbocycles. The molecule has 0 fully saturated rings. The van der Waals surface area contributed by atoms with Gasteiger partial charge in [-0.2, -0.15) is 0 Å². The summed E-state index contributed by atoms with van der Waals surface area (Å²) in [4.78, 5) is 11.9. The lowest BCUT2D eigenvalue weighted by Crippen LogP contribution is -2.28. The summed E-state index contributed by atoms with van der Waals surface area (Å²) >= 11 is 6.62. The van der Waals surface area contributed by atoms with Crippen LogP contribution in [0.1, 0.15) is 18.7 Å². The van der Waals surface area contributed by atoms with Crippen molar-refractivity contribution < 1.29 is 4.42 Å². The molecular weight excluding hydrogens is 376 g/mol. The average molecular weight is 390 g/mol. The highest BCUT2D eigenvalue weighted by atomic mass is 79.9. The summed E-state index contributed by atoms with van der Waals surface area (Å²) in [5.74, 6) is 0.891. The summed E-state index contributed by atoms with van der Waals surface area (Å²) in [6, 6.07) is 5.67. The molecule has 1 N–H and O–H groups in total. The molecule has 2 rings (SSSR count). The molecule has 2 aromatic heterocycles. The Hall–Kier alpha value is -0.850. The Labute approximate surface area is 128 Å². The SMILES string of the molecule is CC(NCCn1cc(Br)cc(Br)c1=O)c1ccco1. The predicted molar refractivity (Wildman–Crippen MR) is 81.2 cm³/mol. The first kappa shape index (κ1) is 14.6. The molecule has 0 saturated carbocycles. The zero-order valence-electron chi connectivity index (χ0n) is 10.4. The van der Waals surface area contributed by atoms with Crippen LogP contribution in [0.4, 0.5) is 0 Å². The lowest BCUT2D eigenvalue weighted by Gasteiger charge is -2.12. The van der Waals surface area contributed by atoms with Gasteiger partial charge in [0, 0.05) is 23.8 Å². The fourth-order valence-electron chi connectivity index (χ4n) is 1.77. The third-order valence-corrected chi connectivity index (χ3v) is 3.78. The van der Waals surface area contributed by atoms with Crippen LogP contribution in [0.5, 0.6) is 0 Å². The lowest BCUT2D eigenvalue weighted by atomic mass is 10.2. The van der Waals surface area contributed by atoms with Gasteiger partial charge in [0.05, 0.1) is 16.8 Å². The fraction of sp³-hybridized carbons (Fsp3) is 0.308. The van der Waals surface area contributed by atoms with Crippen LogP contribution >= 0.6 is 31.9 Å². The zero-order chi connectivity index (χ0) is 13.8. The molecule has 1 unspecified atom stereocenters. The minimum atomic E-state index is -0.0318. The van der Waals surface area contributed by atoms with Crippen LogP contribution < -0.4 is 10.9 Å². The standard InChI is InChI=1S/C13H14Br2N2O2/c1-9(12-3-2-6-19-12)16-4-5-17-8-10(14)7-11(15)13(17)18/h2-3,6-9,16H,4-5H2,1H3. The first-order valence-corrected chi connectivity index (χ1v) is 7.49. The van der Waals surface area contributed by atoms with Gasteiger partial charge in [0.15, 0.2) is 0 Å². The van der Waals surface area contributed by atoms with E-state index in [2.05, 4.69) is 37.2 Å². The van der Waals surface area contributed by atoms with Gasteiger partial charge in [-0.05, 0) is 57.0 Å². The minimum Gasteiger partial charge on any atom is -0.468 e. The van der Waals surface area contributed by atoms with Gasteiger partial charge in [0.1, 0.15) is 5.76 Å². The summed E-state index contributed by atoms with van der Waals surface area (Å²) in [5.41, 5.74) is -0.0318. The molecule has 0 radical (unpaired) electrons. The van der Waals surface area contributed by atoms with Gasteiger partial charge in [-0.25, -0.2) is 0 Å².